The molecule has 0 unspecified atom stereocenters. The van der Waals surface area contributed by atoms with E-state index in [2.05, 4.69) is 21.9 Å². The molecule has 4 heterocycles. The molecule has 6 nitrogen and oxygen atoms in total. The van der Waals surface area contributed by atoms with Crippen molar-refractivity contribution in [3.8, 4) is 0 Å². The predicted molar refractivity (Wildman–Crippen MR) is 111 cm³/mol. The maximum absolute atomic E-state index is 14.0. The lowest BCUT2D eigenvalue weighted by Crippen LogP contribution is -2.35. The van der Waals surface area contributed by atoms with Crippen LogP contribution in [0.2, 0.25) is 0 Å². The fourth-order valence-corrected chi connectivity index (χ4v) is 5.15. The Balaban J connectivity index is 1.42. The number of carbonyl (C=O) groups excluding carboxylic acids is 1. The highest BCUT2D eigenvalue weighted by Gasteiger charge is 2.49. The van der Waals surface area contributed by atoms with Gasteiger partial charge in [0.15, 0.2) is 0 Å². The van der Waals surface area contributed by atoms with Crippen molar-refractivity contribution in [1.82, 2.24) is 24.6 Å². The standard InChI is InChI=1S/C23H26FN5O/c1-15-17(10-26-27(15)2)11-28-12-18-13-29(23(30)21-7-4-8-25-21)22(20(18)14-28)16-5-3-6-19(24)9-16/h3-10,18,20,22,25H,11-14H2,1-2H3/t18-,20-,22+/m0/s1. The molecule has 0 radical (unpaired) electrons. The SMILES string of the molecule is Cc1c(CN2C[C@H]3CN(C(=O)c4ccc[nH]4)[C@H](c4cccc(F)c4)[C@H]3C2)cnn1C. The van der Waals surface area contributed by atoms with Gasteiger partial charge in [0, 0.05) is 56.6 Å². The molecule has 0 saturated carbocycles. The molecule has 1 aromatic carbocycles. The minimum Gasteiger partial charge on any atom is -0.357 e. The van der Waals surface area contributed by atoms with Crippen LogP contribution in [0.15, 0.2) is 48.8 Å². The van der Waals surface area contributed by atoms with Crippen LogP contribution in [0.4, 0.5) is 4.39 Å². The first kappa shape index (κ1) is 19.1. The van der Waals surface area contributed by atoms with Crippen LogP contribution in [-0.2, 0) is 13.6 Å². The van der Waals surface area contributed by atoms with Crippen LogP contribution in [-0.4, -0.2) is 50.1 Å². The topological polar surface area (TPSA) is 57.2 Å². The minimum absolute atomic E-state index is 0.0154. The molecule has 0 bridgehead atoms. The van der Waals surface area contributed by atoms with Crippen molar-refractivity contribution in [2.75, 3.05) is 19.6 Å². The minimum atomic E-state index is -0.260. The summed E-state index contributed by atoms with van der Waals surface area (Å²) < 4.78 is 15.9. The van der Waals surface area contributed by atoms with Gasteiger partial charge in [-0.15, -0.1) is 0 Å². The van der Waals surface area contributed by atoms with Gasteiger partial charge in [-0.05, 0) is 42.7 Å². The highest BCUT2D eigenvalue weighted by Crippen LogP contribution is 2.45. The van der Waals surface area contributed by atoms with E-state index in [1.165, 1.54) is 17.3 Å². The molecule has 2 aromatic heterocycles. The molecule has 3 atom stereocenters. The predicted octanol–water partition coefficient (Wildman–Crippen LogP) is 3.14. The van der Waals surface area contributed by atoms with Crippen molar-refractivity contribution in [3.05, 3.63) is 77.1 Å². The van der Waals surface area contributed by atoms with Gasteiger partial charge in [0.25, 0.3) is 5.91 Å². The van der Waals surface area contributed by atoms with Crippen LogP contribution in [0.1, 0.15) is 33.4 Å². The molecular formula is C23H26FN5O. The first-order valence-electron chi connectivity index (χ1n) is 10.4. The maximum atomic E-state index is 14.0. The van der Waals surface area contributed by atoms with Crippen molar-refractivity contribution in [3.63, 3.8) is 0 Å². The lowest BCUT2D eigenvalue weighted by Gasteiger charge is -2.29. The van der Waals surface area contributed by atoms with E-state index in [-0.39, 0.29) is 23.7 Å². The zero-order chi connectivity index (χ0) is 20.8. The van der Waals surface area contributed by atoms with E-state index < -0.39 is 0 Å². The number of likely N-dealkylation sites (tertiary alicyclic amines) is 2. The number of aromatic nitrogens is 3. The van der Waals surface area contributed by atoms with Crippen molar-refractivity contribution in [2.45, 2.75) is 19.5 Å². The molecule has 2 aliphatic heterocycles. The summed E-state index contributed by atoms with van der Waals surface area (Å²) in [7, 11) is 1.96. The molecule has 30 heavy (non-hydrogen) atoms. The van der Waals surface area contributed by atoms with Crippen LogP contribution < -0.4 is 0 Å². The zero-order valence-corrected chi connectivity index (χ0v) is 17.3. The van der Waals surface area contributed by atoms with E-state index in [0.717, 1.165) is 25.2 Å². The van der Waals surface area contributed by atoms with E-state index in [1.54, 1.807) is 24.4 Å². The summed E-state index contributed by atoms with van der Waals surface area (Å²) >= 11 is 0. The molecule has 2 fully saturated rings. The number of nitrogens with zero attached hydrogens (tertiary/aromatic N) is 4. The lowest BCUT2D eigenvalue weighted by molar-refractivity contribution is 0.0694. The molecule has 156 valence electrons. The number of hydrogen-bond acceptors (Lipinski definition) is 3. The fraction of sp³-hybridized carbons (Fsp3) is 0.391. The number of hydrogen-bond donors (Lipinski definition) is 1. The van der Waals surface area contributed by atoms with E-state index in [0.29, 0.717) is 18.2 Å². The quantitative estimate of drug-likeness (QED) is 0.723. The normalized spacial score (nSPS) is 23.8. The van der Waals surface area contributed by atoms with Crippen molar-refractivity contribution < 1.29 is 9.18 Å². The number of amides is 1. The number of fused-ring (bicyclic) bond motifs is 1. The van der Waals surface area contributed by atoms with Gasteiger partial charge in [-0.3, -0.25) is 14.4 Å². The molecule has 5 rings (SSSR count). The molecule has 1 N–H and O–H groups in total. The van der Waals surface area contributed by atoms with Crippen LogP contribution in [0.25, 0.3) is 0 Å². The number of aryl methyl sites for hydroxylation is 1. The van der Waals surface area contributed by atoms with Gasteiger partial charge >= 0.3 is 0 Å². The van der Waals surface area contributed by atoms with Crippen LogP contribution in [0, 0.1) is 24.6 Å². The highest BCUT2D eigenvalue weighted by molar-refractivity contribution is 5.93. The second-order valence-corrected chi connectivity index (χ2v) is 8.54. The van der Waals surface area contributed by atoms with Crippen molar-refractivity contribution >= 4 is 5.91 Å². The Hall–Kier alpha value is -2.93. The number of H-pyrrole nitrogens is 1. The summed E-state index contributed by atoms with van der Waals surface area (Å²) in [5, 5.41) is 4.36. The third-order valence-corrected chi connectivity index (χ3v) is 6.75. The van der Waals surface area contributed by atoms with E-state index in [4.69, 9.17) is 0 Å². The van der Waals surface area contributed by atoms with Gasteiger partial charge in [-0.25, -0.2) is 4.39 Å². The summed E-state index contributed by atoms with van der Waals surface area (Å²) in [6, 6.07) is 10.2. The number of halogens is 1. The second kappa shape index (κ2) is 7.40. The summed E-state index contributed by atoms with van der Waals surface area (Å²) in [6.45, 7) is 5.44. The smallest absolute Gasteiger partial charge is 0.270 e. The summed E-state index contributed by atoms with van der Waals surface area (Å²) in [5.74, 6) is 0.374. The average Bonchev–Trinajstić information content (AvgIpc) is 3.49. The van der Waals surface area contributed by atoms with E-state index in [9.17, 15) is 9.18 Å². The van der Waals surface area contributed by atoms with E-state index in [1.807, 2.05) is 35.0 Å². The first-order valence-corrected chi connectivity index (χ1v) is 10.4. The monoisotopic (exact) mass is 407 g/mol. The van der Waals surface area contributed by atoms with E-state index >= 15 is 0 Å². The number of nitrogens with one attached hydrogen (secondary N) is 1. The molecule has 1 amide bonds. The van der Waals surface area contributed by atoms with Crippen molar-refractivity contribution in [1.29, 1.82) is 0 Å². The van der Waals surface area contributed by atoms with Gasteiger partial charge < -0.3 is 9.88 Å². The van der Waals surface area contributed by atoms with Gasteiger partial charge in [-0.1, -0.05) is 12.1 Å². The first-order chi connectivity index (χ1) is 14.5. The Bertz CT molecular complexity index is 1060. The zero-order valence-electron chi connectivity index (χ0n) is 17.3. The maximum Gasteiger partial charge on any atom is 0.270 e. The Labute approximate surface area is 175 Å². The average molecular weight is 407 g/mol. The molecular weight excluding hydrogens is 381 g/mol. The van der Waals surface area contributed by atoms with Gasteiger partial charge in [0.2, 0.25) is 0 Å². The fourth-order valence-electron chi connectivity index (χ4n) is 5.15. The third-order valence-electron chi connectivity index (χ3n) is 6.75. The van der Waals surface area contributed by atoms with Crippen LogP contribution >= 0.6 is 0 Å². The van der Waals surface area contributed by atoms with Crippen LogP contribution in [0.5, 0.6) is 0 Å². The molecule has 0 spiro atoms. The third kappa shape index (κ3) is 3.23. The molecule has 2 aliphatic rings. The molecule has 3 aromatic rings. The molecule has 0 aliphatic carbocycles. The molecule has 2 saturated heterocycles. The molecule has 7 heteroatoms. The van der Waals surface area contributed by atoms with Crippen molar-refractivity contribution in [2.24, 2.45) is 18.9 Å². The van der Waals surface area contributed by atoms with Crippen LogP contribution in [0.3, 0.4) is 0 Å². The number of benzene rings is 1. The summed E-state index contributed by atoms with van der Waals surface area (Å²) in [4.78, 5) is 20.6. The van der Waals surface area contributed by atoms with Gasteiger partial charge in [-0.2, -0.15) is 5.10 Å². The highest BCUT2D eigenvalue weighted by atomic mass is 19.1. The summed E-state index contributed by atoms with van der Waals surface area (Å²) in [5.41, 5.74) is 3.87. The number of aromatic amines is 1. The second-order valence-electron chi connectivity index (χ2n) is 8.54. The number of rotatable bonds is 4. The van der Waals surface area contributed by atoms with Gasteiger partial charge in [0.1, 0.15) is 11.5 Å². The lowest BCUT2D eigenvalue weighted by atomic mass is 9.89. The Morgan fingerprint density at radius 1 is 1.23 bits per heavy atom. The Kier molecular flexibility index (Phi) is 4.70. The number of carbonyl (C=O) groups is 1. The Morgan fingerprint density at radius 3 is 2.80 bits per heavy atom. The summed E-state index contributed by atoms with van der Waals surface area (Å²) in [6.07, 6.45) is 3.70. The van der Waals surface area contributed by atoms with Gasteiger partial charge in [0.05, 0.1) is 12.2 Å². The largest absolute Gasteiger partial charge is 0.357 e. The Morgan fingerprint density at radius 2 is 2.10 bits per heavy atom.